The third kappa shape index (κ3) is 5.37. The minimum Gasteiger partial charge on any atom is -0.475 e. The Labute approximate surface area is 164 Å². The van der Waals surface area contributed by atoms with Crippen molar-refractivity contribution < 1.29 is 27.9 Å². The Bertz CT molecular complexity index is 927. The van der Waals surface area contributed by atoms with E-state index in [1.165, 1.54) is 4.57 Å². The zero-order valence-corrected chi connectivity index (χ0v) is 16.0. The molecule has 1 aromatic carbocycles. The normalized spacial score (nSPS) is 15.1. The second kappa shape index (κ2) is 9.12. The summed E-state index contributed by atoms with van der Waals surface area (Å²) >= 11 is 0. The first kappa shape index (κ1) is 22.5. The van der Waals surface area contributed by atoms with Crippen LogP contribution in [0, 0.1) is 0 Å². The minimum atomic E-state index is -5.08. The molecule has 29 heavy (non-hydrogen) atoms. The Morgan fingerprint density at radius 2 is 1.69 bits per heavy atom. The molecule has 2 aromatic rings. The number of aliphatic carboxylic acids is 1. The van der Waals surface area contributed by atoms with Crippen LogP contribution < -0.4 is 16.3 Å². The number of alkyl halides is 3. The van der Waals surface area contributed by atoms with E-state index in [1.807, 2.05) is 38.1 Å². The standard InChI is InChI=1S/C16H22N4O2.C2HF3O2/c1-11(2)19-13-5-3-4-6-14(13)20(16(19)22)15(21)18-12-7-9-17-10-8-12;3-2(4,5)1(6)7/h3-6,11-12,17H,7-10H2,1-2H3,(H,18,21);(H,6,7). The predicted octanol–water partition coefficient (Wildman–Crippen LogP) is 2.33. The molecule has 0 atom stereocenters. The fourth-order valence-corrected chi connectivity index (χ4v) is 3.07. The van der Waals surface area contributed by atoms with Crippen LogP contribution in [0.2, 0.25) is 0 Å². The van der Waals surface area contributed by atoms with Crippen LogP contribution >= 0.6 is 0 Å². The lowest BCUT2D eigenvalue weighted by Crippen LogP contribution is -2.46. The second-order valence-electron chi connectivity index (χ2n) is 6.85. The third-order valence-electron chi connectivity index (χ3n) is 4.41. The summed E-state index contributed by atoms with van der Waals surface area (Å²) in [6.45, 7) is 5.69. The summed E-state index contributed by atoms with van der Waals surface area (Å²) in [6.07, 6.45) is -3.30. The van der Waals surface area contributed by atoms with E-state index in [0.717, 1.165) is 31.4 Å². The van der Waals surface area contributed by atoms with Crippen LogP contribution in [0.1, 0.15) is 32.7 Å². The number of piperidine rings is 1. The predicted molar refractivity (Wildman–Crippen MR) is 100 cm³/mol. The number of nitrogens with zero attached hydrogens (tertiary/aromatic N) is 2. The summed E-state index contributed by atoms with van der Waals surface area (Å²) in [7, 11) is 0. The first-order valence-corrected chi connectivity index (χ1v) is 9.07. The number of aromatic nitrogens is 2. The number of rotatable bonds is 2. The highest BCUT2D eigenvalue weighted by molar-refractivity contribution is 5.89. The lowest BCUT2D eigenvalue weighted by Gasteiger charge is -2.23. The number of carboxylic acid groups (broad SMARTS) is 1. The van der Waals surface area contributed by atoms with Gasteiger partial charge in [-0.2, -0.15) is 13.2 Å². The van der Waals surface area contributed by atoms with Gasteiger partial charge in [-0.3, -0.25) is 4.57 Å². The molecule has 1 aromatic heterocycles. The van der Waals surface area contributed by atoms with Gasteiger partial charge in [-0.25, -0.2) is 19.0 Å². The molecule has 0 bridgehead atoms. The number of carbonyl (C=O) groups excluding carboxylic acids is 1. The Kier molecular flexibility index (Phi) is 7.07. The summed E-state index contributed by atoms with van der Waals surface area (Å²) in [5.41, 5.74) is 1.18. The monoisotopic (exact) mass is 416 g/mol. The highest BCUT2D eigenvalue weighted by Crippen LogP contribution is 2.17. The molecule has 8 nitrogen and oxygen atoms in total. The molecule has 2 heterocycles. The van der Waals surface area contributed by atoms with Crippen LogP contribution in [0.3, 0.4) is 0 Å². The Hall–Kier alpha value is -2.82. The fourth-order valence-electron chi connectivity index (χ4n) is 3.07. The zero-order chi connectivity index (χ0) is 21.8. The van der Waals surface area contributed by atoms with Crippen LogP contribution in [-0.4, -0.2) is 51.5 Å². The van der Waals surface area contributed by atoms with E-state index >= 15 is 0 Å². The maximum atomic E-state index is 12.7. The molecule has 1 aliphatic heterocycles. The molecule has 1 aliphatic rings. The number of carboxylic acids is 1. The first-order chi connectivity index (χ1) is 13.5. The lowest BCUT2D eigenvalue weighted by atomic mass is 10.1. The van der Waals surface area contributed by atoms with Crippen molar-refractivity contribution in [1.29, 1.82) is 0 Å². The molecule has 3 rings (SSSR count). The summed E-state index contributed by atoms with van der Waals surface area (Å²) in [5, 5.41) is 13.4. The molecule has 160 valence electrons. The number of para-hydroxylation sites is 2. The van der Waals surface area contributed by atoms with E-state index in [9.17, 15) is 22.8 Å². The van der Waals surface area contributed by atoms with Gasteiger partial charge in [0, 0.05) is 12.1 Å². The van der Waals surface area contributed by atoms with E-state index in [2.05, 4.69) is 10.6 Å². The maximum Gasteiger partial charge on any atom is 0.490 e. The molecule has 0 aliphatic carbocycles. The van der Waals surface area contributed by atoms with Gasteiger partial charge in [-0.1, -0.05) is 12.1 Å². The van der Waals surface area contributed by atoms with Crippen LogP contribution in [0.25, 0.3) is 11.0 Å². The van der Waals surface area contributed by atoms with Crippen molar-refractivity contribution in [1.82, 2.24) is 19.8 Å². The summed E-state index contributed by atoms with van der Waals surface area (Å²) < 4.78 is 34.7. The molecule has 0 spiro atoms. The molecular weight excluding hydrogens is 393 g/mol. The molecule has 3 N–H and O–H groups in total. The number of benzene rings is 1. The van der Waals surface area contributed by atoms with Gasteiger partial charge in [0.25, 0.3) is 0 Å². The number of fused-ring (bicyclic) bond motifs is 1. The van der Waals surface area contributed by atoms with E-state index in [-0.39, 0.29) is 23.8 Å². The third-order valence-corrected chi connectivity index (χ3v) is 4.41. The summed E-state index contributed by atoms with van der Waals surface area (Å²) in [4.78, 5) is 34.2. The largest absolute Gasteiger partial charge is 0.490 e. The Morgan fingerprint density at radius 3 is 2.17 bits per heavy atom. The van der Waals surface area contributed by atoms with Gasteiger partial charge in [-0.05, 0) is 51.9 Å². The van der Waals surface area contributed by atoms with E-state index < -0.39 is 12.1 Å². The van der Waals surface area contributed by atoms with Gasteiger partial charge in [-0.15, -0.1) is 0 Å². The van der Waals surface area contributed by atoms with Crippen molar-refractivity contribution in [3.8, 4) is 0 Å². The highest BCUT2D eigenvalue weighted by Gasteiger charge is 2.38. The maximum absolute atomic E-state index is 12.7. The average molecular weight is 416 g/mol. The first-order valence-electron chi connectivity index (χ1n) is 9.07. The van der Waals surface area contributed by atoms with Crippen LogP contribution in [0.5, 0.6) is 0 Å². The molecule has 11 heteroatoms. The number of hydrogen-bond acceptors (Lipinski definition) is 4. The summed E-state index contributed by atoms with van der Waals surface area (Å²) in [5.74, 6) is -2.76. The van der Waals surface area contributed by atoms with Crippen LogP contribution in [0.15, 0.2) is 29.1 Å². The van der Waals surface area contributed by atoms with Crippen molar-refractivity contribution in [3.05, 3.63) is 34.7 Å². The average Bonchev–Trinajstić information content (AvgIpc) is 2.94. The smallest absolute Gasteiger partial charge is 0.475 e. The lowest BCUT2D eigenvalue weighted by molar-refractivity contribution is -0.192. The van der Waals surface area contributed by atoms with Crippen LogP contribution in [0.4, 0.5) is 18.0 Å². The molecule has 1 fully saturated rings. The number of amides is 1. The van der Waals surface area contributed by atoms with E-state index in [1.54, 1.807) is 4.57 Å². The van der Waals surface area contributed by atoms with Gasteiger partial charge < -0.3 is 15.7 Å². The van der Waals surface area contributed by atoms with Gasteiger partial charge in [0.1, 0.15) is 0 Å². The van der Waals surface area contributed by atoms with Crippen molar-refractivity contribution in [2.24, 2.45) is 0 Å². The molecule has 1 saturated heterocycles. The van der Waals surface area contributed by atoms with Gasteiger partial charge >= 0.3 is 23.9 Å². The topological polar surface area (TPSA) is 105 Å². The number of halogens is 3. The summed E-state index contributed by atoms with van der Waals surface area (Å²) in [6, 6.07) is 7.23. The zero-order valence-electron chi connectivity index (χ0n) is 16.0. The fraction of sp³-hybridized carbons (Fsp3) is 0.500. The SMILES string of the molecule is CC(C)n1c(=O)n(C(=O)NC2CCNCC2)c2ccccc21.O=C(O)C(F)(F)F. The van der Waals surface area contributed by atoms with Crippen molar-refractivity contribution in [3.63, 3.8) is 0 Å². The molecule has 0 saturated carbocycles. The second-order valence-corrected chi connectivity index (χ2v) is 6.85. The van der Waals surface area contributed by atoms with Crippen molar-refractivity contribution >= 4 is 23.0 Å². The molecule has 0 unspecified atom stereocenters. The van der Waals surface area contributed by atoms with E-state index in [0.29, 0.717) is 5.52 Å². The van der Waals surface area contributed by atoms with Crippen LogP contribution in [-0.2, 0) is 4.79 Å². The van der Waals surface area contributed by atoms with Gasteiger partial charge in [0.2, 0.25) is 0 Å². The van der Waals surface area contributed by atoms with Gasteiger partial charge in [0.15, 0.2) is 0 Å². The molecule has 1 amide bonds. The van der Waals surface area contributed by atoms with Gasteiger partial charge in [0.05, 0.1) is 11.0 Å². The van der Waals surface area contributed by atoms with Crippen molar-refractivity contribution in [2.75, 3.05) is 13.1 Å². The highest BCUT2D eigenvalue weighted by atomic mass is 19.4. The Balaban J connectivity index is 0.000000370. The minimum absolute atomic E-state index is 0.00494. The van der Waals surface area contributed by atoms with E-state index in [4.69, 9.17) is 9.90 Å². The Morgan fingerprint density at radius 1 is 1.17 bits per heavy atom. The number of nitrogens with one attached hydrogen (secondary N) is 2. The molecular formula is C18H23F3N4O4. The quantitative estimate of drug-likeness (QED) is 0.697. The number of imidazole rings is 1. The number of hydrogen-bond donors (Lipinski definition) is 3. The number of carbonyl (C=O) groups is 2. The van der Waals surface area contributed by atoms with Crippen molar-refractivity contribution in [2.45, 2.75) is 44.9 Å². The molecule has 0 radical (unpaired) electrons.